The molecule has 1 aliphatic heterocycles. The van der Waals surface area contributed by atoms with E-state index in [0.29, 0.717) is 0 Å². The number of hydrogen-bond donors (Lipinski definition) is 0. The van der Waals surface area contributed by atoms with Gasteiger partial charge in [0.2, 0.25) is 0 Å². The molecule has 0 bridgehead atoms. The maximum absolute atomic E-state index is 4.88. The number of benzene rings is 4. The van der Waals surface area contributed by atoms with Gasteiger partial charge in [-0.2, -0.15) is 10.2 Å². The lowest BCUT2D eigenvalue weighted by Gasteiger charge is -2.28. The highest BCUT2D eigenvalue weighted by atomic mass is 28.3. The summed E-state index contributed by atoms with van der Waals surface area (Å²) in [5.41, 5.74) is 8.54. The first-order chi connectivity index (χ1) is 19.7. The minimum absolute atomic E-state index is 0.905. The monoisotopic (exact) mass is 532 g/mol. The van der Waals surface area contributed by atoms with Crippen LogP contribution in [0.2, 0.25) is 12.6 Å². The van der Waals surface area contributed by atoms with Crippen molar-refractivity contribution in [2.75, 3.05) is 0 Å². The molecule has 0 aliphatic carbocycles. The summed E-state index contributed by atoms with van der Waals surface area (Å²) in [6, 6.07) is 43.4. The number of nitrogens with zero attached hydrogens (tertiary/aromatic N) is 4. The quantitative estimate of drug-likeness (QED) is 0.210. The molecule has 2 aromatic heterocycles. The molecular weight excluding hydrogens is 504 g/mol. The van der Waals surface area contributed by atoms with E-state index in [4.69, 9.17) is 10.2 Å². The molecule has 0 saturated carbocycles. The zero-order valence-electron chi connectivity index (χ0n) is 22.5. The van der Waals surface area contributed by atoms with Gasteiger partial charge in [0, 0.05) is 10.8 Å². The SMILES string of the molecule is CC[Si]1(C)C(c2cc3ccccc3nn2)=C(c2ccccc2)C(c2ccccc2)=C1c1cc2ccccc2nn1. The van der Waals surface area contributed by atoms with Crippen molar-refractivity contribution in [3.63, 3.8) is 0 Å². The van der Waals surface area contributed by atoms with Crippen LogP contribution in [0, 0.1) is 0 Å². The summed E-state index contributed by atoms with van der Waals surface area (Å²) in [7, 11) is -2.41. The maximum atomic E-state index is 4.88. The van der Waals surface area contributed by atoms with Crippen LogP contribution in [0.15, 0.2) is 121 Å². The van der Waals surface area contributed by atoms with Crippen molar-refractivity contribution in [2.24, 2.45) is 0 Å². The fraction of sp³-hybridized carbons (Fsp3) is 0.0857. The van der Waals surface area contributed by atoms with Crippen LogP contribution in [-0.4, -0.2) is 28.5 Å². The lowest BCUT2D eigenvalue weighted by Crippen LogP contribution is -2.33. The molecule has 0 amide bonds. The first kappa shape index (κ1) is 24.3. The topological polar surface area (TPSA) is 51.6 Å². The van der Waals surface area contributed by atoms with Crippen LogP contribution in [0.5, 0.6) is 0 Å². The van der Waals surface area contributed by atoms with E-state index < -0.39 is 8.07 Å². The lowest BCUT2D eigenvalue weighted by molar-refractivity contribution is 1.05. The van der Waals surface area contributed by atoms with Gasteiger partial charge in [0.05, 0.1) is 22.4 Å². The largest absolute Gasteiger partial charge is 0.151 e. The average Bonchev–Trinajstić information content (AvgIpc) is 3.31. The predicted molar refractivity (Wildman–Crippen MR) is 168 cm³/mol. The van der Waals surface area contributed by atoms with Crippen molar-refractivity contribution in [1.29, 1.82) is 0 Å². The number of fused-ring (bicyclic) bond motifs is 2. The minimum atomic E-state index is -2.41. The number of allylic oxidation sites excluding steroid dienone is 2. The van der Waals surface area contributed by atoms with Gasteiger partial charge < -0.3 is 0 Å². The van der Waals surface area contributed by atoms with Crippen LogP contribution < -0.4 is 0 Å². The normalized spacial score (nSPS) is 14.8. The van der Waals surface area contributed by atoms with Gasteiger partial charge in [-0.25, -0.2) is 0 Å². The molecule has 40 heavy (non-hydrogen) atoms. The van der Waals surface area contributed by atoms with E-state index in [1.54, 1.807) is 0 Å². The summed E-state index contributed by atoms with van der Waals surface area (Å²) in [5.74, 6) is 0. The summed E-state index contributed by atoms with van der Waals surface area (Å²) < 4.78 is 0. The van der Waals surface area contributed by atoms with Crippen LogP contribution in [0.25, 0.3) is 43.3 Å². The smallest absolute Gasteiger partial charge is 0.122 e. The number of aromatic nitrogens is 4. The molecule has 0 spiro atoms. The molecule has 0 atom stereocenters. The Morgan fingerprint density at radius 1 is 0.500 bits per heavy atom. The third-order valence-corrected chi connectivity index (χ3v) is 12.8. The van der Waals surface area contributed by atoms with Crippen LogP contribution in [0.4, 0.5) is 0 Å². The highest BCUT2D eigenvalue weighted by Gasteiger charge is 2.47. The zero-order chi connectivity index (χ0) is 27.1. The summed E-state index contributed by atoms with van der Waals surface area (Å²) >= 11 is 0. The van der Waals surface area contributed by atoms with E-state index in [0.717, 1.165) is 39.2 Å². The highest BCUT2D eigenvalue weighted by molar-refractivity contribution is 7.13. The molecule has 6 aromatic rings. The molecule has 0 N–H and O–H groups in total. The Balaban J connectivity index is 1.61. The van der Waals surface area contributed by atoms with Crippen molar-refractivity contribution in [3.8, 4) is 0 Å². The Morgan fingerprint density at radius 3 is 1.32 bits per heavy atom. The van der Waals surface area contributed by atoms with E-state index in [-0.39, 0.29) is 0 Å². The van der Waals surface area contributed by atoms with Crippen molar-refractivity contribution >= 4 is 51.4 Å². The molecule has 0 unspecified atom stereocenters. The van der Waals surface area contributed by atoms with Gasteiger partial charge in [-0.15, -0.1) is 10.2 Å². The second kappa shape index (κ2) is 9.78. The fourth-order valence-corrected chi connectivity index (χ4v) is 10.1. The Bertz CT molecular complexity index is 1810. The summed E-state index contributed by atoms with van der Waals surface area (Å²) in [5, 5.41) is 23.9. The summed E-state index contributed by atoms with van der Waals surface area (Å²) in [6.45, 7) is 4.77. The average molecular weight is 533 g/mol. The van der Waals surface area contributed by atoms with Crippen LogP contribution in [-0.2, 0) is 0 Å². The van der Waals surface area contributed by atoms with Gasteiger partial charge in [-0.05, 0) is 56.9 Å². The molecular formula is C35H28N4Si. The van der Waals surface area contributed by atoms with Gasteiger partial charge in [0.15, 0.2) is 0 Å². The van der Waals surface area contributed by atoms with Gasteiger partial charge >= 0.3 is 0 Å². The number of rotatable bonds is 5. The summed E-state index contributed by atoms with van der Waals surface area (Å²) in [6.07, 6.45) is 0. The Hall–Kier alpha value is -4.74. The van der Waals surface area contributed by atoms with E-state index in [1.165, 1.54) is 32.7 Å². The van der Waals surface area contributed by atoms with Crippen LogP contribution in [0.1, 0.15) is 29.4 Å². The van der Waals surface area contributed by atoms with Crippen LogP contribution >= 0.6 is 0 Å². The Morgan fingerprint density at radius 2 is 0.900 bits per heavy atom. The van der Waals surface area contributed by atoms with E-state index >= 15 is 0 Å². The second-order valence-corrected chi connectivity index (χ2v) is 14.9. The van der Waals surface area contributed by atoms with E-state index in [9.17, 15) is 0 Å². The van der Waals surface area contributed by atoms with Crippen molar-refractivity contribution in [3.05, 3.63) is 144 Å². The van der Waals surface area contributed by atoms with Crippen LogP contribution in [0.3, 0.4) is 0 Å². The second-order valence-electron chi connectivity index (χ2n) is 10.5. The third kappa shape index (κ3) is 3.89. The van der Waals surface area contributed by atoms with Crippen molar-refractivity contribution in [1.82, 2.24) is 20.4 Å². The number of hydrogen-bond acceptors (Lipinski definition) is 4. The molecule has 7 rings (SSSR count). The predicted octanol–water partition coefficient (Wildman–Crippen LogP) is 8.29. The zero-order valence-corrected chi connectivity index (χ0v) is 23.5. The van der Waals surface area contributed by atoms with Crippen molar-refractivity contribution in [2.45, 2.75) is 19.5 Å². The molecule has 0 saturated heterocycles. The van der Waals surface area contributed by atoms with Gasteiger partial charge in [0.25, 0.3) is 0 Å². The molecule has 192 valence electrons. The molecule has 5 heteroatoms. The third-order valence-electron chi connectivity index (χ3n) is 8.19. The first-order valence-corrected chi connectivity index (χ1v) is 16.4. The molecule has 1 aliphatic rings. The fourth-order valence-electron chi connectivity index (χ4n) is 6.10. The molecule has 4 aromatic carbocycles. The Kier molecular flexibility index (Phi) is 5.94. The van der Waals surface area contributed by atoms with Gasteiger partial charge in [-0.3, -0.25) is 0 Å². The molecule has 4 nitrogen and oxygen atoms in total. The Labute approximate surface area is 234 Å². The van der Waals surface area contributed by atoms with E-state index in [1.807, 2.05) is 24.3 Å². The highest BCUT2D eigenvalue weighted by Crippen LogP contribution is 2.56. The minimum Gasteiger partial charge on any atom is -0.151 e. The molecule has 3 heterocycles. The standard InChI is InChI=1S/C35H28N4Si/c1-3-40(2)34(30-22-26-18-10-12-20-28(26)36-38-30)32(24-14-6-4-7-15-24)33(25-16-8-5-9-17-25)35(40)31-23-27-19-11-13-21-29(27)37-39-31/h4-23H,3H2,1-2H3. The van der Waals surface area contributed by atoms with Gasteiger partial charge in [-0.1, -0.05) is 117 Å². The van der Waals surface area contributed by atoms with E-state index in [2.05, 4.69) is 121 Å². The van der Waals surface area contributed by atoms with Crippen molar-refractivity contribution < 1.29 is 0 Å². The first-order valence-electron chi connectivity index (χ1n) is 13.7. The molecule has 0 fully saturated rings. The van der Waals surface area contributed by atoms with Gasteiger partial charge in [0.1, 0.15) is 8.07 Å². The molecule has 0 radical (unpaired) electrons. The lowest BCUT2D eigenvalue weighted by atomic mass is 9.90. The summed E-state index contributed by atoms with van der Waals surface area (Å²) in [4.78, 5) is 0. The maximum Gasteiger partial charge on any atom is 0.122 e.